The first-order valence-electron chi connectivity index (χ1n) is 12.1. The smallest absolute Gasteiger partial charge is 0.471 e. The van der Waals surface area contributed by atoms with Crippen LogP contribution in [0.5, 0.6) is 11.5 Å². The number of carbonyl (C=O) groups is 1. The first-order valence-corrected chi connectivity index (χ1v) is 12.1. The minimum Gasteiger partial charge on any atom is -0.496 e. The molecule has 202 valence electrons. The van der Waals surface area contributed by atoms with E-state index in [0.717, 1.165) is 38.9 Å². The maximum atomic E-state index is 15.1. The number of amides is 1. The fourth-order valence-corrected chi connectivity index (χ4v) is 4.59. The van der Waals surface area contributed by atoms with Gasteiger partial charge in [-0.2, -0.15) is 13.2 Å². The van der Waals surface area contributed by atoms with Gasteiger partial charge in [0.2, 0.25) is 0 Å². The van der Waals surface area contributed by atoms with E-state index in [1.165, 1.54) is 25.3 Å². The highest BCUT2D eigenvalue weighted by Gasteiger charge is 2.38. The zero-order valence-corrected chi connectivity index (χ0v) is 21.9. The van der Waals surface area contributed by atoms with Crippen LogP contribution in [0.15, 0.2) is 72.8 Å². The Kier molecular flexibility index (Phi) is 7.95. The number of hydrogen-bond acceptors (Lipinski definition) is 3. The fourth-order valence-electron chi connectivity index (χ4n) is 4.59. The third-order valence-corrected chi connectivity index (χ3v) is 6.61. The number of ether oxygens (including phenoxy) is 2. The molecule has 0 aliphatic heterocycles. The minimum absolute atomic E-state index is 0.0294. The van der Waals surface area contributed by atoms with Crippen LogP contribution >= 0.6 is 0 Å². The predicted octanol–water partition coefficient (Wildman–Crippen LogP) is 8.17. The van der Waals surface area contributed by atoms with Crippen LogP contribution < -0.4 is 14.8 Å². The summed E-state index contributed by atoms with van der Waals surface area (Å²) in [6.07, 6.45) is -4.97. The number of nitrogens with one attached hydrogen (secondary N) is 1. The van der Waals surface area contributed by atoms with Gasteiger partial charge in [-0.05, 0) is 84.0 Å². The lowest BCUT2D eigenvalue weighted by Gasteiger charge is -2.22. The molecule has 39 heavy (non-hydrogen) atoms. The summed E-state index contributed by atoms with van der Waals surface area (Å²) in [5.74, 6) is -1.84. The van der Waals surface area contributed by atoms with Gasteiger partial charge in [-0.25, -0.2) is 4.39 Å². The molecule has 4 aromatic rings. The molecule has 0 aliphatic carbocycles. The quantitative estimate of drug-likeness (QED) is 0.242. The summed E-state index contributed by atoms with van der Waals surface area (Å²) in [5, 5.41) is 1.85. The highest BCUT2D eigenvalue weighted by molar-refractivity contribution is 5.95. The molecule has 1 amide bonds. The number of hydrogen-bond donors (Lipinski definition) is 1. The van der Waals surface area contributed by atoms with Crippen LogP contribution in [-0.2, 0) is 11.4 Å². The van der Waals surface area contributed by atoms with Gasteiger partial charge < -0.3 is 14.8 Å². The molecule has 8 heteroatoms. The molecular weight excluding hydrogens is 510 g/mol. The highest BCUT2D eigenvalue weighted by atomic mass is 19.4. The van der Waals surface area contributed by atoms with Crippen molar-refractivity contribution in [2.24, 2.45) is 0 Å². The summed E-state index contributed by atoms with van der Waals surface area (Å²) in [6, 6.07) is 20.4. The molecule has 0 spiro atoms. The number of carbonyl (C=O) groups excluding carboxylic acids is 1. The second kappa shape index (κ2) is 11.2. The average Bonchev–Trinajstić information content (AvgIpc) is 2.91. The lowest BCUT2D eigenvalue weighted by Crippen LogP contribution is -2.29. The molecule has 1 N–H and O–H groups in total. The van der Waals surface area contributed by atoms with Gasteiger partial charge in [0.1, 0.15) is 12.4 Å². The summed E-state index contributed by atoms with van der Waals surface area (Å²) in [4.78, 5) is 11.3. The van der Waals surface area contributed by atoms with Crippen LogP contribution in [0, 0.1) is 26.6 Å². The SMILES string of the molecule is COc1c(C)c(-c2ccc(NC(=O)C(F)(F)F)cc2)c(C)c(C)c1-c1ccc(OCc2ccccc2)c(F)c1. The summed E-state index contributed by atoms with van der Waals surface area (Å²) >= 11 is 0. The molecule has 0 radical (unpaired) electrons. The molecule has 0 aliphatic rings. The van der Waals surface area contributed by atoms with Gasteiger partial charge in [0, 0.05) is 11.3 Å². The Morgan fingerprint density at radius 2 is 1.44 bits per heavy atom. The Morgan fingerprint density at radius 3 is 2.03 bits per heavy atom. The molecule has 0 unspecified atom stereocenters. The molecular formula is C31H27F4NO3. The Balaban J connectivity index is 1.67. The Morgan fingerprint density at radius 1 is 0.821 bits per heavy atom. The van der Waals surface area contributed by atoms with Crippen LogP contribution in [0.25, 0.3) is 22.3 Å². The lowest BCUT2D eigenvalue weighted by molar-refractivity contribution is -0.167. The summed E-state index contributed by atoms with van der Waals surface area (Å²) in [5.41, 5.74) is 6.43. The van der Waals surface area contributed by atoms with E-state index in [0.29, 0.717) is 11.3 Å². The molecule has 0 fully saturated rings. The van der Waals surface area contributed by atoms with Gasteiger partial charge in [0.15, 0.2) is 11.6 Å². The minimum atomic E-state index is -4.97. The van der Waals surface area contributed by atoms with Gasteiger partial charge in [-0.3, -0.25) is 4.79 Å². The topological polar surface area (TPSA) is 47.6 Å². The maximum absolute atomic E-state index is 15.1. The van der Waals surface area contributed by atoms with E-state index in [1.807, 2.05) is 56.4 Å². The van der Waals surface area contributed by atoms with E-state index in [2.05, 4.69) is 0 Å². The number of rotatable bonds is 7. The van der Waals surface area contributed by atoms with Crippen molar-refractivity contribution in [3.63, 3.8) is 0 Å². The number of methoxy groups -OCH3 is 1. The Hall–Kier alpha value is -4.33. The van der Waals surface area contributed by atoms with Crippen molar-refractivity contribution in [3.05, 3.63) is 101 Å². The molecule has 4 rings (SSSR count). The van der Waals surface area contributed by atoms with Gasteiger partial charge >= 0.3 is 12.1 Å². The van der Waals surface area contributed by atoms with E-state index < -0.39 is 17.9 Å². The lowest BCUT2D eigenvalue weighted by atomic mass is 9.86. The second-order valence-electron chi connectivity index (χ2n) is 9.11. The van der Waals surface area contributed by atoms with E-state index in [1.54, 1.807) is 24.3 Å². The van der Waals surface area contributed by atoms with Crippen molar-refractivity contribution in [3.8, 4) is 33.8 Å². The van der Waals surface area contributed by atoms with Crippen molar-refractivity contribution in [2.75, 3.05) is 12.4 Å². The molecule has 0 saturated heterocycles. The van der Waals surface area contributed by atoms with Gasteiger partial charge in [-0.1, -0.05) is 48.5 Å². The van der Waals surface area contributed by atoms with Crippen molar-refractivity contribution < 1.29 is 31.8 Å². The average molecular weight is 538 g/mol. The molecule has 0 heterocycles. The maximum Gasteiger partial charge on any atom is 0.471 e. The number of anilines is 1. The monoisotopic (exact) mass is 537 g/mol. The third-order valence-electron chi connectivity index (χ3n) is 6.61. The van der Waals surface area contributed by atoms with Crippen LogP contribution in [0.4, 0.5) is 23.2 Å². The van der Waals surface area contributed by atoms with E-state index >= 15 is 4.39 Å². The van der Waals surface area contributed by atoms with Crippen molar-refractivity contribution >= 4 is 11.6 Å². The van der Waals surface area contributed by atoms with E-state index in [4.69, 9.17) is 9.47 Å². The number of benzene rings is 4. The van der Waals surface area contributed by atoms with E-state index in [-0.39, 0.29) is 18.0 Å². The van der Waals surface area contributed by atoms with Gasteiger partial charge in [-0.15, -0.1) is 0 Å². The standard InChI is InChI=1S/C31H27F4NO3/c1-18-19(2)28(23-12-15-26(25(32)16-23)39-17-21-8-6-5-7-9-21)29(38-4)20(3)27(18)22-10-13-24(14-11-22)36-30(37)31(33,34)35/h5-16H,17H2,1-4H3,(H,36,37). The van der Waals surface area contributed by atoms with Crippen LogP contribution in [0.3, 0.4) is 0 Å². The second-order valence-corrected chi connectivity index (χ2v) is 9.11. The molecule has 0 bridgehead atoms. The molecule has 0 atom stereocenters. The number of alkyl halides is 3. The summed E-state index contributed by atoms with van der Waals surface area (Å²) in [6.45, 7) is 5.95. The van der Waals surface area contributed by atoms with Gasteiger partial charge in [0.05, 0.1) is 7.11 Å². The Bertz CT molecular complexity index is 1500. The molecule has 0 saturated carbocycles. The zero-order valence-electron chi connectivity index (χ0n) is 21.9. The van der Waals surface area contributed by atoms with Crippen LogP contribution in [0.2, 0.25) is 0 Å². The zero-order chi connectivity index (χ0) is 28.3. The molecule has 4 nitrogen and oxygen atoms in total. The van der Waals surface area contributed by atoms with Crippen LogP contribution in [0.1, 0.15) is 22.3 Å². The van der Waals surface area contributed by atoms with Gasteiger partial charge in [0.25, 0.3) is 0 Å². The predicted molar refractivity (Wildman–Crippen MR) is 143 cm³/mol. The summed E-state index contributed by atoms with van der Waals surface area (Å²) < 4.78 is 64.3. The normalized spacial score (nSPS) is 11.3. The fraction of sp³-hybridized carbons (Fsp3) is 0.194. The van der Waals surface area contributed by atoms with Crippen LogP contribution in [-0.4, -0.2) is 19.2 Å². The van der Waals surface area contributed by atoms with Crippen molar-refractivity contribution in [1.82, 2.24) is 0 Å². The third kappa shape index (κ3) is 5.90. The van der Waals surface area contributed by atoms with E-state index in [9.17, 15) is 18.0 Å². The molecule has 4 aromatic carbocycles. The number of halogens is 4. The summed E-state index contributed by atoms with van der Waals surface area (Å²) in [7, 11) is 1.54. The molecule has 0 aromatic heterocycles. The van der Waals surface area contributed by atoms with Crippen molar-refractivity contribution in [2.45, 2.75) is 33.6 Å². The first kappa shape index (κ1) is 27.7. The first-order chi connectivity index (χ1) is 18.5. The largest absolute Gasteiger partial charge is 0.496 e. The Labute approximate surface area is 224 Å². The van der Waals surface area contributed by atoms with Crippen molar-refractivity contribution in [1.29, 1.82) is 0 Å². The highest BCUT2D eigenvalue weighted by Crippen LogP contribution is 2.44.